The number of amides is 2. The lowest BCUT2D eigenvalue weighted by Gasteiger charge is -2.09. The van der Waals surface area contributed by atoms with Crippen molar-refractivity contribution in [2.24, 2.45) is 0 Å². The Kier molecular flexibility index (Phi) is 5.52. The first-order chi connectivity index (χ1) is 13.0. The van der Waals surface area contributed by atoms with Gasteiger partial charge in [0, 0.05) is 22.8 Å². The summed E-state index contributed by atoms with van der Waals surface area (Å²) < 4.78 is 1.21. The second-order valence-corrected chi connectivity index (χ2v) is 6.26. The molecule has 2 N–H and O–H groups in total. The smallest absolute Gasteiger partial charge is 0.261 e. The molecule has 1 aromatic heterocycles. The summed E-state index contributed by atoms with van der Waals surface area (Å²) in [6.45, 7) is 2.13. The number of hydrogen-bond acceptors (Lipinski definition) is 4. The molecule has 0 spiro atoms. The molecule has 2 aromatic carbocycles. The summed E-state index contributed by atoms with van der Waals surface area (Å²) in [5, 5.41) is 6.14. The molecule has 3 aromatic rings. The van der Waals surface area contributed by atoms with Crippen LogP contribution >= 0.6 is 11.6 Å². The Labute approximate surface area is 160 Å². The van der Waals surface area contributed by atoms with Gasteiger partial charge in [0.15, 0.2) is 0 Å². The molecule has 2 amide bonds. The molecule has 0 saturated heterocycles. The van der Waals surface area contributed by atoms with E-state index in [1.807, 2.05) is 6.92 Å². The third kappa shape index (κ3) is 4.32. The van der Waals surface area contributed by atoms with Crippen LogP contribution in [-0.2, 0) is 11.3 Å². The average Bonchev–Trinajstić information content (AvgIpc) is 2.65. The number of rotatable bonds is 5. The third-order valence-corrected chi connectivity index (χ3v) is 4.08. The average molecular weight is 385 g/mol. The number of nitrogens with zero attached hydrogens (tertiary/aromatic N) is 2. The van der Waals surface area contributed by atoms with E-state index in [0.29, 0.717) is 33.7 Å². The fraction of sp³-hybridized carbons (Fsp3) is 0.158. The van der Waals surface area contributed by atoms with Crippen LogP contribution in [0.3, 0.4) is 0 Å². The Morgan fingerprint density at radius 3 is 2.78 bits per heavy atom. The Morgan fingerprint density at radius 1 is 1.19 bits per heavy atom. The summed E-state index contributed by atoms with van der Waals surface area (Å²) in [6, 6.07) is 11.4. The Balaban J connectivity index is 1.78. The molecule has 3 rings (SSSR count). The molecule has 0 radical (unpaired) electrons. The van der Waals surface area contributed by atoms with Gasteiger partial charge in [-0.2, -0.15) is 0 Å². The highest BCUT2D eigenvalue weighted by Gasteiger charge is 2.10. The van der Waals surface area contributed by atoms with Crippen LogP contribution in [0.2, 0.25) is 5.02 Å². The van der Waals surface area contributed by atoms with E-state index in [4.69, 9.17) is 11.6 Å². The zero-order chi connectivity index (χ0) is 19.4. The first-order valence-corrected chi connectivity index (χ1v) is 8.68. The SMILES string of the molecule is CCNC(=O)c1cccc(NC(=O)Cn2cnc3ccc(Cl)cc3c2=O)c1. The predicted molar refractivity (Wildman–Crippen MR) is 104 cm³/mol. The molecule has 1 heterocycles. The van der Waals surface area contributed by atoms with Gasteiger partial charge in [-0.05, 0) is 43.3 Å². The Morgan fingerprint density at radius 2 is 2.00 bits per heavy atom. The van der Waals surface area contributed by atoms with Crippen molar-refractivity contribution in [2.45, 2.75) is 13.5 Å². The first kappa shape index (κ1) is 18.6. The van der Waals surface area contributed by atoms with Gasteiger partial charge in [-0.3, -0.25) is 19.0 Å². The van der Waals surface area contributed by atoms with E-state index in [2.05, 4.69) is 15.6 Å². The predicted octanol–water partition coefficient (Wildman–Crippen LogP) is 2.44. The van der Waals surface area contributed by atoms with Crippen molar-refractivity contribution in [3.8, 4) is 0 Å². The maximum Gasteiger partial charge on any atom is 0.261 e. The van der Waals surface area contributed by atoms with Crippen LogP contribution in [0.1, 0.15) is 17.3 Å². The Hall–Kier alpha value is -3.19. The number of anilines is 1. The van der Waals surface area contributed by atoms with Gasteiger partial charge in [-0.15, -0.1) is 0 Å². The van der Waals surface area contributed by atoms with Crippen LogP contribution in [-0.4, -0.2) is 27.9 Å². The number of aromatic nitrogens is 2. The molecular weight excluding hydrogens is 368 g/mol. The zero-order valence-electron chi connectivity index (χ0n) is 14.5. The number of nitrogens with one attached hydrogen (secondary N) is 2. The Bertz CT molecular complexity index is 1080. The lowest BCUT2D eigenvalue weighted by molar-refractivity contribution is -0.116. The molecule has 0 aliphatic rings. The van der Waals surface area contributed by atoms with Gasteiger partial charge in [0.05, 0.1) is 17.2 Å². The van der Waals surface area contributed by atoms with Crippen LogP contribution in [0.15, 0.2) is 53.6 Å². The highest BCUT2D eigenvalue weighted by Crippen LogP contribution is 2.14. The van der Waals surface area contributed by atoms with Crippen molar-refractivity contribution in [1.29, 1.82) is 0 Å². The van der Waals surface area contributed by atoms with Gasteiger partial charge in [0.2, 0.25) is 5.91 Å². The quantitative estimate of drug-likeness (QED) is 0.706. The van der Waals surface area contributed by atoms with Crippen molar-refractivity contribution in [3.05, 3.63) is 69.7 Å². The molecule has 27 heavy (non-hydrogen) atoms. The van der Waals surface area contributed by atoms with Crippen LogP contribution in [0, 0.1) is 0 Å². The van der Waals surface area contributed by atoms with Crippen LogP contribution in [0.5, 0.6) is 0 Å². The molecule has 0 bridgehead atoms. The summed E-state index contributed by atoms with van der Waals surface area (Å²) in [5.74, 6) is -0.631. The third-order valence-electron chi connectivity index (χ3n) is 3.85. The molecule has 0 fully saturated rings. The summed E-state index contributed by atoms with van der Waals surface area (Å²) in [4.78, 5) is 40.9. The van der Waals surface area contributed by atoms with Crippen molar-refractivity contribution in [2.75, 3.05) is 11.9 Å². The number of carbonyl (C=O) groups is 2. The molecule has 0 atom stereocenters. The lowest BCUT2D eigenvalue weighted by Crippen LogP contribution is -2.28. The minimum atomic E-state index is -0.409. The molecule has 0 saturated carbocycles. The lowest BCUT2D eigenvalue weighted by atomic mass is 10.2. The van der Waals surface area contributed by atoms with Crippen molar-refractivity contribution in [1.82, 2.24) is 14.9 Å². The van der Waals surface area contributed by atoms with E-state index < -0.39 is 5.91 Å². The van der Waals surface area contributed by atoms with E-state index in [1.54, 1.807) is 36.4 Å². The van der Waals surface area contributed by atoms with Gasteiger partial charge >= 0.3 is 0 Å². The largest absolute Gasteiger partial charge is 0.352 e. The van der Waals surface area contributed by atoms with Gasteiger partial charge in [-0.25, -0.2) is 4.98 Å². The second kappa shape index (κ2) is 8.01. The van der Waals surface area contributed by atoms with Gasteiger partial charge < -0.3 is 10.6 Å². The van der Waals surface area contributed by atoms with Crippen molar-refractivity contribution < 1.29 is 9.59 Å². The number of carbonyl (C=O) groups excluding carboxylic acids is 2. The first-order valence-electron chi connectivity index (χ1n) is 8.30. The van der Waals surface area contributed by atoms with Gasteiger partial charge in [-0.1, -0.05) is 17.7 Å². The number of halogens is 1. The minimum Gasteiger partial charge on any atom is -0.352 e. The molecule has 8 heteroatoms. The van der Waals surface area contributed by atoms with E-state index in [1.165, 1.54) is 17.0 Å². The van der Waals surface area contributed by atoms with Crippen molar-refractivity contribution in [3.63, 3.8) is 0 Å². The van der Waals surface area contributed by atoms with Crippen molar-refractivity contribution >= 4 is 40.0 Å². The molecule has 0 unspecified atom stereocenters. The number of benzene rings is 2. The monoisotopic (exact) mass is 384 g/mol. The zero-order valence-corrected chi connectivity index (χ0v) is 15.3. The normalized spacial score (nSPS) is 10.6. The summed E-state index contributed by atoms with van der Waals surface area (Å²) in [5.41, 5.74) is 1.06. The van der Waals surface area contributed by atoms with E-state index in [9.17, 15) is 14.4 Å². The van der Waals surface area contributed by atoms with Crippen LogP contribution in [0.4, 0.5) is 5.69 Å². The molecule has 0 aliphatic carbocycles. The van der Waals surface area contributed by atoms with Gasteiger partial charge in [0.25, 0.3) is 11.5 Å². The summed E-state index contributed by atoms with van der Waals surface area (Å²) in [7, 11) is 0. The van der Waals surface area contributed by atoms with Crippen LogP contribution in [0.25, 0.3) is 10.9 Å². The second-order valence-electron chi connectivity index (χ2n) is 5.83. The standard InChI is InChI=1S/C19H17ClN4O3/c1-2-21-18(26)12-4-3-5-14(8-12)23-17(25)10-24-11-22-16-7-6-13(20)9-15(16)19(24)27/h3-9,11H,2,10H2,1H3,(H,21,26)(H,23,25). The van der Waals surface area contributed by atoms with E-state index >= 15 is 0 Å². The van der Waals surface area contributed by atoms with Crippen LogP contribution < -0.4 is 16.2 Å². The highest BCUT2D eigenvalue weighted by atomic mass is 35.5. The maximum absolute atomic E-state index is 12.5. The van der Waals surface area contributed by atoms with Gasteiger partial charge in [0.1, 0.15) is 6.54 Å². The summed E-state index contributed by atoms with van der Waals surface area (Å²) in [6.07, 6.45) is 1.32. The summed E-state index contributed by atoms with van der Waals surface area (Å²) >= 11 is 5.93. The molecular formula is C19H17ClN4O3. The minimum absolute atomic E-state index is 0.209. The highest BCUT2D eigenvalue weighted by molar-refractivity contribution is 6.31. The van der Waals surface area contributed by atoms with E-state index in [-0.39, 0.29) is 18.0 Å². The molecule has 0 aliphatic heterocycles. The molecule has 138 valence electrons. The maximum atomic E-state index is 12.5. The molecule has 7 nitrogen and oxygen atoms in total. The topological polar surface area (TPSA) is 93.1 Å². The fourth-order valence-corrected chi connectivity index (χ4v) is 2.77. The number of hydrogen-bond donors (Lipinski definition) is 2. The van der Waals surface area contributed by atoms with E-state index in [0.717, 1.165) is 0 Å². The fourth-order valence-electron chi connectivity index (χ4n) is 2.60. The number of fused-ring (bicyclic) bond motifs is 1.